The van der Waals surface area contributed by atoms with Crippen molar-refractivity contribution in [2.24, 2.45) is 0 Å². The Morgan fingerprint density at radius 1 is 1.10 bits per heavy atom. The monoisotopic (exact) mass is 292 g/mol. The maximum atomic E-state index is 5.94. The average molecular weight is 293 g/mol. The zero-order valence-corrected chi connectivity index (χ0v) is 12.6. The van der Waals surface area contributed by atoms with E-state index in [1.165, 1.54) is 0 Å². The molecule has 0 amide bonds. The lowest BCUT2D eigenvalue weighted by atomic mass is 10.1. The van der Waals surface area contributed by atoms with Crippen LogP contribution in [0, 0.1) is 13.8 Å². The fourth-order valence-electron chi connectivity index (χ4n) is 1.73. The second-order valence-corrected chi connectivity index (χ2v) is 4.82. The van der Waals surface area contributed by atoms with Gasteiger partial charge in [0.1, 0.15) is 17.5 Å². The highest BCUT2D eigenvalue weighted by molar-refractivity contribution is 6.29. The van der Waals surface area contributed by atoms with E-state index in [9.17, 15) is 0 Å². The molecule has 0 aliphatic rings. The molecule has 4 nitrogen and oxygen atoms in total. The molecule has 0 aliphatic heterocycles. The third-order valence-electron chi connectivity index (χ3n) is 2.71. The number of aromatic nitrogens is 2. The molecular weight excluding hydrogens is 276 g/mol. The summed E-state index contributed by atoms with van der Waals surface area (Å²) in [6, 6.07) is 7.65. The normalized spacial score (nSPS) is 10.4. The van der Waals surface area contributed by atoms with Crippen molar-refractivity contribution in [3.63, 3.8) is 0 Å². The molecule has 0 aliphatic carbocycles. The molecule has 1 heterocycles. The van der Waals surface area contributed by atoms with Gasteiger partial charge in [0.15, 0.2) is 5.82 Å². The maximum Gasteiger partial charge on any atom is 0.218 e. The lowest BCUT2D eigenvalue weighted by Crippen LogP contribution is -2.05. The Morgan fingerprint density at radius 2 is 1.90 bits per heavy atom. The summed E-state index contributed by atoms with van der Waals surface area (Å²) in [6.45, 7) is 6.70. The molecule has 0 bridgehead atoms. The molecule has 0 N–H and O–H groups in total. The van der Waals surface area contributed by atoms with Crippen molar-refractivity contribution < 1.29 is 9.47 Å². The molecule has 0 saturated heterocycles. The molecule has 0 unspecified atom stereocenters. The molecule has 1 aromatic carbocycles. The summed E-state index contributed by atoms with van der Waals surface area (Å²) in [5.41, 5.74) is 2.22. The minimum Gasteiger partial charge on any atom is -0.485 e. The molecule has 106 valence electrons. The van der Waals surface area contributed by atoms with Crippen LogP contribution >= 0.6 is 11.6 Å². The summed E-state index contributed by atoms with van der Waals surface area (Å²) in [7, 11) is 0. The summed E-state index contributed by atoms with van der Waals surface area (Å²) >= 11 is 5.94. The van der Waals surface area contributed by atoms with Crippen LogP contribution in [-0.2, 0) is 6.61 Å². The standard InChI is InChI=1S/C15H17ClN2O2/c1-4-19-15-8-13(16)17-14(18-15)9-20-12-7-10(2)5-6-11(12)3/h5-8H,4,9H2,1-3H3. The van der Waals surface area contributed by atoms with Crippen molar-refractivity contribution in [1.82, 2.24) is 9.97 Å². The Labute approximate surface area is 123 Å². The zero-order chi connectivity index (χ0) is 14.5. The van der Waals surface area contributed by atoms with E-state index in [2.05, 4.69) is 9.97 Å². The Balaban J connectivity index is 2.12. The van der Waals surface area contributed by atoms with E-state index < -0.39 is 0 Å². The van der Waals surface area contributed by atoms with E-state index in [-0.39, 0.29) is 6.61 Å². The van der Waals surface area contributed by atoms with Gasteiger partial charge in [-0.1, -0.05) is 23.7 Å². The van der Waals surface area contributed by atoms with Crippen molar-refractivity contribution in [3.8, 4) is 11.6 Å². The molecule has 20 heavy (non-hydrogen) atoms. The fourth-order valence-corrected chi connectivity index (χ4v) is 1.92. The van der Waals surface area contributed by atoms with Crippen LogP contribution in [0.15, 0.2) is 24.3 Å². The molecule has 1 aromatic heterocycles. The number of aryl methyl sites for hydroxylation is 2. The van der Waals surface area contributed by atoms with Crippen LogP contribution in [0.25, 0.3) is 0 Å². The zero-order valence-electron chi connectivity index (χ0n) is 11.8. The van der Waals surface area contributed by atoms with Gasteiger partial charge in [0.05, 0.1) is 6.61 Å². The number of ether oxygens (including phenoxy) is 2. The second-order valence-electron chi connectivity index (χ2n) is 4.44. The van der Waals surface area contributed by atoms with Crippen molar-refractivity contribution >= 4 is 11.6 Å². The number of nitrogens with zero attached hydrogens (tertiary/aromatic N) is 2. The Kier molecular flexibility index (Phi) is 4.79. The van der Waals surface area contributed by atoms with Crippen molar-refractivity contribution in [1.29, 1.82) is 0 Å². The van der Waals surface area contributed by atoms with Crippen LogP contribution in [0.3, 0.4) is 0 Å². The van der Waals surface area contributed by atoms with Crippen LogP contribution in [0.4, 0.5) is 0 Å². The summed E-state index contributed by atoms with van der Waals surface area (Å²) in [5, 5.41) is 0.350. The molecular formula is C15H17ClN2O2. The topological polar surface area (TPSA) is 44.2 Å². The van der Waals surface area contributed by atoms with E-state index in [0.717, 1.165) is 16.9 Å². The molecule has 0 spiro atoms. The predicted molar refractivity (Wildman–Crippen MR) is 78.5 cm³/mol. The van der Waals surface area contributed by atoms with Gasteiger partial charge in [-0.3, -0.25) is 0 Å². The molecule has 0 atom stereocenters. The Morgan fingerprint density at radius 3 is 2.65 bits per heavy atom. The molecule has 5 heteroatoms. The van der Waals surface area contributed by atoms with Gasteiger partial charge in [0.25, 0.3) is 0 Å². The number of halogens is 1. The van der Waals surface area contributed by atoms with Gasteiger partial charge in [-0.2, -0.15) is 4.98 Å². The maximum absolute atomic E-state index is 5.94. The largest absolute Gasteiger partial charge is 0.485 e. The first-order chi connectivity index (χ1) is 9.58. The molecule has 2 rings (SSSR count). The summed E-state index contributed by atoms with van der Waals surface area (Å²) < 4.78 is 11.1. The predicted octanol–water partition coefficient (Wildman–Crippen LogP) is 3.72. The summed E-state index contributed by atoms with van der Waals surface area (Å²) in [4.78, 5) is 8.38. The smallest absolute Gasteiger partial charge is 0.218 e. The van der Waals surface area contributed by atoms with E-state index in [1.54, 1.807) is 6.07 Å². The second kappa shape index (κ2) is 6.57. The fraction of sp³-hybridized carbons (Fsp3) is 0.333. The average Bonchev–Trinajstić information content (AvgIpc) is 2.40. The van der Waals surface area contributed by atoms with E-state index in [0.29, 0.717) is 23.5 Å². The van der Waals surface area contributed by atoms with E-state index >= 15 is 0 Å². The first-order valence-electron chi connectivity index (χ1n) is 6.45. The van der Waals surface area contributed by atoms with Gasteiger partial charge < -0.3 is 9.47 Å². The lowest BCUT2D eigenvalue weighted by Gasteiger charge is -2.10. The van der Waals surface area contributed by atoms with Gasteiger partial charge >= 0.3 is 0 Å². The summed E-state index contributed by atoms with van der Waals surface area (Å²) in [6.07, 6.45) is 0. The van der Waals surface area contributed by atoms with Gasteiger partial charge in [0.2, 0.25) is 5.88 Å². The van der Waals surface area contributed by atoms with Crippen LogP contribution < -0.4 is 9.47 Å². The highest BCUT2D eigenvalue weighted by atomic mass is 35.5. The Bertz CT molecular complexity index is 602. The highest BCUT2D eigenvalue weighted by Gasteiger charge is 2.06. The third kappa shape index (κ3) is 3.84. The van der Waals surface area contributed by atoms with Gasteiger partial charge in [-0.15, -0.1) is 0 Å². The number of hydrogen-bond donors (Lipinski definition) is 0. The first kappa shape index (κ1) is 14.6. The van der Waals surface area contributed by atoms with Crippen molar-refractivity contribution in [2.45, 2.75) is 27.4 Å². The minimum atomic E-state index is 0.255. The number of rotatable bonds is 5. The van der Waals surface area contributed by atoms with Gasteiger partial charge in [0, 0.05) is 6.07 Å². The quantitative estimate of drug-likeness (QED) is 0.788. The van der Waals surface area contributed by atoms with Crippen LogP contribution in [0.5, 0.6) is 11.6 Å². The molecule has 0 radical (unpaired) electrons. The minimum absolute atomic E-state index is 0.255. The van der Waals surface area contributed by atoms with E-state index in [4.69, 9.17) is 21.1 Å². The lowest BCUT2D eigenvalue weighted by molar-refractivity contribution is 0.284. The van der Waals surface area contributed by atoms with Crippen LogP contribution in [0.2, 0.25) is 5.15 Å². The molecule has 0 saturated carbocycles. The van der Waals surface area contributed by atoms with Crippen LogP contribution in [0.1, 0.15) is 23.9 Å². The summed E-state index contributed by atoms with van der Waals surface area (Å²) in [5.74, 6) is 1.79. The van der Waals surface area contributed by atoms with E-state index in [1.807, 2.05) is 39.0 Å². The SMILES string of the molecule is CCOc1cc(Cl)nc(COc2cc(C)ccc2C)n1. The number of hydrogen-bond acceptors (Lipinski definition) is 4. The Hall–Kier alpha value is -1.81. The molecule has 0 fully saturated rings. The third-order valence-corrected chi connectivity index (χ3v) is 2.90. The van der Waals surface area contributed by atoms with Crippen molar-refractivity contribution in [3.05, 3.63) is 46.4 Å². The molecule has 2 aromatic rings. The number of benzene rings is 1. The first-order valence-corrected chi connectivity index (χ1v) is 6.82. The van der Waals surface area contributed by atoms with Gasteiger partial charge in [-0.05, 0) is 38.0 Å². The van der Waals surface area contributed by atoms with Gasteiger partial charge in [-0.25, -0.2) is 4.98 Å². The van der Waals surface area contributed by atoms with Crippen molar-refractivity contribution in [2.75, 3.05) is 6.61 Å². The highest BCUT2D eigenvalue weighted by Crippen LogP contribution is 2.21. The van der Waals surface area contributed by atoms with Crippen LogP contribution in [-0.4, -0.2) is 16.6 Å².